The normalized spacial score (nSPS) is 15.1. The van der Waals surface area contributed by atoms with Gasteiger partial charge in [0.15, 0.2) is 0 Å². The molecule has 7 heteroatoms. The Bertz CT molecular complexity index is 1200. The lowest BCUT2D eigenvalue weighted by molar-refractivity contribution is 0.0666. The van der Waals surface area contributed by atoms with Gasteiger partial charge in [-0.25, -0.2) is 9.97 Å². The van der Waals surface area contributed by atoms with Crippen LogP contribution in [0.3, 0.4) is 0 Å². The fraction of sp³-hybridized carbons (Fsp3) is 0.261. The molecule has 0 aliphatic carbocycles. The van der Waals surface area contributed by atoms with Gasteiger partial charge in [0.2, 0.25) is 0 Å². The van der Waals surface area contributed by atoms with Gasteiger partial charge in [0.25, 0.3) is 5.91 Å². The van der Waals surface area contributed by atoms with Crippen molar-refractivity contribution in [1.82, 2.24) is 28.7 Å². The molecule has 1 saturated heterocycles. The van der Waals surface area contributed by atoms with E-state index in [-0.39, 0.29) is 5.91 Å². The maximum Gasteiger partial charge on any atom is 0.256 e. The number of aryl methyl sites for hydroxylation is 1. The Kier molecular flexibility index (Phi) is 4.59. The average molecular weight is 400 g/mol. The number of carbonyl (C=O) groups is 1. The Balaban J connectivity index is 1.57. The maximum absolute atomic E-state index is 13.3. The molecule has 1 aliphatic rings. The van der Waals surface area contributed by atoms with Crippen LogP contribution >= 0.6 is 0 Å². The summed E-state index contributed by atoms with van der Waals surface area (Å²) < 4.78 is 4.02. The number of hydrogen-bond donors (Lipinski definition) is 0. The van der Waals surface area contributed by atoms with E-state index in [1.807, 2.05) is 75.6 Å². The number of aromatic nitrogens is 4. The molecule has 0 spiro atoms. The molecule has 4 aromatic rings. The fourth-order valence-corrected chi connectivity index (χ4v) is 4.03. The maximum atomic E-state index is 13.3. The number of carbonyl (C=O) groups excluding carboxylic acids is 1. The van der Waals surface area contributed by atoms with Crippen molar-refractivity contribution in [2.75, 3.05) is 33.2 Å². The summed E-state index contributed by atoms with van der Waals surface area (Å²) >= 11 is 0. The van der Waals surface area contributed by atoms with Crippen LogP contribution in [-0.2, 0) is 0 Å². The van der Waals surface area contributed by atoms with Crippen LogP contribution in [0.4, 0.5) is 0 Å². The highest BCUT2D eigenvalue weighted by molar-refractivity contribution is 6.02. The number of piperazine rings is 1. The highest BCUT2D eigenvalue weighted by Gasteiger charge is 2.25. The molecule has 0 aromatic carbocycles. The van der Waals surface area contributed by atoms with Crippen molar-refractivity contribution in [1.29, 1.82) is 0 Å². The lowest BCUT2D eigenvalue weighted by Crippen LogP contribution is -2.47. The lowest BCUT2D eigenvalue weighted by Gasteiger charge is -2.32. The van der Waals surface area contributed by atoms with Crippen LogP contribution < -0.4 is 0 Å². The predicted molar refractivity (Wildman–Crippen MR) is 116 cm³/mol. The van der Waals surface area contributed by atoms with E-state index in [9.17, 15) is 4.79 Å². The van der Waals surface area contributed by atoms with E-state index in [1.54, 1.807) is 6.20 Å². The smallest absolute Gasteiger partial charge is 0.256 e. The summed E-state index contributed by atoms with van der Waals surface area (Å²) in [6, 6.07) is 13.7. The Hall–Kier alpha value is -3.45. The van der Waals surface area contributed by atoms with Crippen molar-refractivity contribution in [2.45, 2.75) is 6.92 Å². The van der Waals surface area contributed by atoms with Gasteiger partial charge in [0.05, 0.1) is 16.8 Å². The van der Waals surface area contributed by atoms with E-state index in [2.05, 4.69) is 16.9 Å². The van der Waals surface area contributed by atoms with Crippen molar-refractivity contribution in [2.24, 2.45) is 0 Å². The van der Waals surface area contributed by atoms with Crippen molar-refractivity contribution >= 4 is 11.4 Å². The molecule has 0 bridgehead atoms. The number of amides is 1. The highest BCUT2D eigenvalue weighted by atomic mass is 16.2. The number of hydrogen-bond acceptors (Lipinski definition) is 4. The average Bonchev–Trinajstić information content (AvgIpc) is 3.35. The first-order chi connectivity index (χ1) is 14.6. The molecule has 4 aromatic heterocycles. The zero-order valence-electron chi connectivity index (χ0n) is 17.2. The van der Waals surface area contributed by atoms with Crippen molar-refractivity contribution in [3.63, 3.8) is 0 Å². The number of rotatable bonds is 3. The minimum Gasteiger partial charge on any atom is -0.336 e. The summed E-state index contributed by atoms with van der Waals surface area (Å²) in [5.41, 5.74) is 3.35. The van der Waals surface area contributed by atoms with Gasteiger partial charge >= 0.3 is 0 Å². The van der Waals surface area contributed by atoms with E-state index in [1.165, 1.54) is 0 Å². The van der Waals surface area contributed by atoms with Gasteiger partial charge in [-0.2, -0.15) is 0 Å². The van der Waals surface area contributed by atoms with Crippen LogP contribution in [0.25, 0.3) is 22.7 Å². The molecule has 0 saturated carbocycles. The molecule has 1 fully saturated rings. The van der Waals surface area contributed by atoms with Gasteiger partial charge in [0, 0.05) is 44.8 Å². The summed E-state index contributed by atoms with van der Waals surface area (Å²) in [6.45, 7) is 5.27. The molecule has 0 radical (unpaired) electrons. The van der Waals surface area contributed by atoms with Crippen molar-refractivity contribution < 1.29 is 4.79 Å². The van der Waals surface area contributed by atoms with E-state index < -0.39 is 0 Å². The standard InChI is InChI=1S/C23H24N6O/c1-17-25-19(16-29(17)22-8-3-5-9-24-22)21-15-18(20-7-4-6-10-28(20)21)23(30)27-13-11-26(2)12-14-27/h3-10,15-16H,11-14H2,1-2H3. The Labute approximate surface area is 175 Å². The molecule has 5 heterocycles. The molecule has 30 heavy (non-hydrogen) atoms. The Morgan fingerprint density at radius 2 is 1.83 bits per heavy atom. The summed E-state index contributed by atoms with van der Waals surface area (Å²) in [5.74, 6) is 1.75. The molecule has 1 amide bonds. The number of nitrogens with zero attached hydrogens (tertiary/aromatic N) is 6. The largest absolute Gasteiger partial charge is 0.336 e. The summed E-state index contributed by atoms with van der Waals surface area (Å²) in [5, 5.41) is 0. The summed E-state index contributed by atoms with van der Waals surface area (Å²) in [7, 11) is 2.09. The van der Waals surface area contributed by atoms with Crippen LogP contribution in [0.2, 0.25) is 0 Å². The van der Waals surface area contributed by atoms with Gasteiger partial charge in [0.1, 0.15) is 17.3 Å². The molecule has 152 valence electrons. The summed E-state index contributed by atoms with van der Waals surface area (Å²) in [6.07, 6.45) is 5.74. The van der Waals surface area contributed by atoms with Gasteiger partial charge in [-0.1, -0.05) is 12.1 Å². The van der Waals surface area contributed by atoms with E-state index in [0.717, 1.165) is 60.3 Å². The zero-order chi connectivity index (χ0) is 20.7. The lowest BCUT2D eigenvalue weighted by atomic mass is 10.2. The second-order valence-electron chi connectivity index (χ2n) is 7.73. The first kappa shape index (κ1) is 18.6. The fourth-order valence-electron chi connectivity index (χ4n) is 4.03. The second-order valence-corrected chi connectivity index (χ2v) is 7.73. The quantitative estimate of drug-likeness (QED) is 0.531. The zero-order valence-corrected chi connectivity index (χ0v) is 17.2. The van der Waals surface area contributed by atoms with Crippen LogP contribution in [-0.4, -0.2) is 67.9 Å². The van der Waals surface area contributed by atoms with Crippen molar-refractivity contribution in [3.05, 3.63) is 72.4 Å². The third kappa shape index (κ3) is 3.17. The Morgan fingerprint density at radius 3 is 2.60 bits per heavy atom. The molecule has 7 nitrogen and oxygen atoms in total. The van der Waals surface area contributed by atoms with Gasteiger partial charge in [-0.05, 0) is 44.3 Å². The molecule has 0 atom stereocenters. The molecule has 0 unspecified atom stereocenters. The molecule has 5 rings (SSSR count). The third-order valence-corrected chi connectivity index (χ3v) is 5.74. The van der Waals surface area contributed by atoms with Crippen LogP contribution in [0, 0.1) is 6.92 Å². The van der Waals surface area contributed by atoms with Crippen LogP contribution in [0.1, 0.15) is 16.2 Å². The number of pyridine rings is 2. The van der Waals surface area contributed by atoms with Crippen LogP contribution in [0.15, 0.2) is 61.1 Å². The first-order valence-electron chi connectivity index (χ1n) is 10.2. The topological polar surface area (TPSA) is 58.7 Å². The second kappa shape index (κ2) is 7.42. The van der Waals surface area contributed by atoms with Crippen LogP contribution in [0.5, 0.6) is 0 Å². The third-order valence-electron chi connectivity index (χ3n) is 5.74. The van der Waals surface area contributed by atoms with Gasteiger partial charge in [-0.3, -0.25) is 9.36 Å². The van der Waals surface area contributed by atoms with Crippen molar-refractivity contribution in [3.8, 4) is 17.2 Å². The predicted octanol–water partition coefficient (Wildman–Crippen LogP) is 2.88. The molecule has 0 N–H and O–H groups in total. The monoisotopic (exact) mass is 400 g/mol. The SMILES string of the molecule is Cc1nc(-c2cc(C(=O)N3CCN(C)CC3)c3ccccn23)cn1-c1ccccn1. The highest BCUT2D eigenvalue weighted by Crippen LogP contribution is 2.28. The number of imidazole rings is 1. The van der Waals surface area contributed by atoms with E-state index >= 15 is 0 Å². The van der Waals surface area contributed by atoms with E-state index in [0.29, 0.717) is 0 Å². The number of fused-ring (bicyclic) bond motifs is 1. The van der Waals surface area contributed by atoms with Gasteiger partial charge in [-0.15, -0.1) is 0 Å². The van der Waals surface area contributed by atoms with Gasteiger partial charge < -0.3 is 14.2 Å². The number of likely N-dealkylation sites (N-methyl/N-ethyl adjacent to an activating group) is 1. The molecular formula is C23H24N6O. The Morgan fingerprint density at radius 1 is 1.03 bits per heavy atom. The van der Waals surface area contributed by atoms with E-state index in [4.69, 9.17) is 4.98 Å². The minimum atomic E-state index is 0.0823. The minimum absolute atomic E-state index is 0.0823. The molecular weight excluding hydrogens is 376 g/mol. The summed E-state index contributed by atoms with van der Waals surface area (Å²) in [4.78, 5) is 26.7. The molecule has 1 aliphatic heterocycles. The first-order valence-corrected chi connectivity index (χ1v) is 10.2.